The number of guanidine groups is 1. The van der Waals surface area contributed by atoms with Gasteiger partial charge in [-0.05, 0) is 23.8 Å². The van der Waals surface area contributed by atoms with Gasteiger partial charge in [0.1, 0.15) is 5.75 Å². The molecule has 0 aliphatic carbocycles. The average molecular weight is 414 g/mol. The van der Waals surface area contributed by atoms with E-state index in [2.05, 4.69) is 37.6 Å². The third-order valence-electron chi connectivity index (χ3n) is 5.10. The van der Waals surface area contributed by atoms with Crippen LogP contribution in [0.4, 0.5) is 0 Å². The van der Waals surface area contributed by atoms with E-state index in [9.17, 15) is 0 Å². The zero-order valence-electron chi connectivity index (χ0n) is 17.9. The summed E-state index contributed by atoms with van der Waals surface area (Å²) in [7, 11) is 5.07. The van der Waals surface area contributed by atoms with Crippen molar-refractivity contribution in [3.05, 3.63) is 53.7 Å². The van der Waals surface area contributed by atoms with Crippen LogP contribution in [-0.2, 0) is 11.3 Å². The van der Waals surface area contributed by atoms with Crippen molar-refractivity contribution in [3.8, 4) is 11.6 Å². The largest absolute Gasteiger partial charge is 0.497 e. The first-order valence-corrected chi connectivity index (χ1v) is 10.1. The number of pyridine rings is 1. The van der Waals surface area contributed by atoms with Crippen LogP contribution < -0.4 is 20.1 Å². The molecule has 0 radical (unpaired) electrons. The minimum atomic E-state index is 0.202. The third kappa shape index (κ3) is 6.08. The van der Waals surface area contributed by atoms with Gasteiger partial charge in [-0.3, -0.25) is 9.89 Å². The van der Waals surface area contributed by atoms with Crippen molar-refractivity contribution in [2.45, 2.75) is 12.6 Å². The van der Waals surface area contributed by atoms with Gasteiger partial charge in [0.15, 0.2) is 5.96 Å². The standard InChI is InChI=1S/C22H31N5O3/c1-23-22(24-15-18-5-4-6-21(26-18)29-3)25-16-20(27-11-13-30-14-12-27)17-7-9-19(28-2)10-8-17/h4-10,20H,11-16H2,1-3H3,(H2,23,24,25). The van der Waals surface area contributed by atoms with Crippen molar-refractivity contribution in [1.82, 2.24) is 20.5 Å². The Labute approximate surface area is 178 Å². The first kappa shape index (κ1) is 21.9. The van der Waals surface area contributed by atoms with E-state index in [1.807, 2.05) is 30.3 Å². The number of aromatic nitrogens is 1. The summed E-state index contributed by atoms with van der Waals surface area (Å²) >= 11 is 0. The molecule has 1 saturated heterocycles. The number of benzene rings is 1. The molecular weight excluding hydrogens is 382 g/mol. The summed E-state index contributed by atoms with van der Waals surface area (Å²) in [5, 5.41) is 6.78. The quantitative estimate of drug-likeness (QED) is 0.505. The van der Waals surface area contributed by atoms with Crippen molar-refractivity contribution >= 4 is 5.96 Å². The molecule has 0 amide bonds. The Hall–Kier alpha value is -2.84. The number of morpholine rings is 1. The monoisotopic (exact) mass is 413 g/mol. The Morgan fingerprint density at radius 2 is 1.87 bits per heavy atom. The van der Waals surface area contributed by atoms with Crippen LogP contribution in [0.2, 0.25) is 0 Å². The second kappa shape index (κ2) is 11.4. The van der Waals surface area contributed by atoms with Gasteiger partial charge in [0.05, 0.1) is 45.7 Å². The van der Waals surface area contributed by atoms with Crippen LogP contribution in [0.5, 0.6) is 11.6 Å². The fourth-order valence-electron chi connectivity index (χ4n) is 3.43. The van der Waals surface area contributed by atoms with Gasteiger partial charge in [0.25, 0.3) is 0 Å². The lowest BCUT2D eigenvalue weighted by Crippen LogP contribution is -2.46. The van der Waals surface area contributed by atoms with Gasteiger partial charge < -0.3 is 24.8 Å². The highest BCUT2D eigenvalue weighted by atomic mass is 16.5. The molecule has 2 N–H and O–H groups in total. The molecule has 2 heterocycles. The van der Waals surface area contributed by atoms with Crippen LogP contribution >= 0.6 is 0 Å². The summed E-state index contributed by atoms with van der Waals surface area (Å²) in [6.07, 6.45) is 0. The van der Waals surface area contributed by atoms with Crippen LogP contribution in [0.25, 0.3) is 0 Å². The number of nitrogens with zero attached hydrogens (tertiary/aromatic N) is 3. The summed E-state index contributed by atoms with van der Waals surface area (Å²) in [6.45, 7) is 4.58. The van der Waals surface area contributed by atoms with Gasteiger partial charge in [-0.15, -0.1) is 0 Å². The molecule has 1 aromatic heterocycles. The molecule has 1 aromatic carbocycles. The Kier molecular flexibility index (Phi) is 8.29. The molecule has 162 valence electrons. The molecule has 1 atom stereocenters. The second-order valence-electron chi connectivity index (χ2n) is 6.92. The van der Waals surface area contributed by atoms with Crippen molar-refractivity contribution in [2.75, 3.05) is 54.1 Å². The Balaban J connectivity index is 1.63. The number of hydrogen-bond donors (Lipinski definition) is 2. The van der Waals surface area contributed by atoms with E-state index >= 15 is 0 Å². The lowest BCUT2D eigenvalue weighted by atomic mass is 10.0. The fourth-order valence-corrected chi connectivity index (χ4v) is 3.43. The molecule has 1 unspecified atom stereocenters. The van der Waals surface area contributed by atoms with Crippen molar-refractivity contribution in [1.29, 1.82) is 0 Å². The Morgan fingerprint density at radius 1 is 1.10 bits per heavy atom. The summed E-state index contributed by atoms with van der Waals surface area (Å²) < 4.78 is 16.0. The molecule has 1 aliphatic heterocycles. The van der Waals surface area contributed by atoms with Crippen LogP contribution in [0, 0.1) is 0 Å². The third-order valence-corrected chi connectivity index (χ3v) is 5.10. The molecule has 8 heteroatoms. The molecular formula is C22H31N5O3. The highest BCUT2D eigenvalue weighted by Crippen LogP contribution is 2.23. The molecule has 1 aliphatic rings. The maximum absolute atomic E-state index is 5.54. The number of ether oxygens (including phenoxy) is 3. The summed E-state index contributed by atoms with van der Waals surface area (Å²) in [6, 6.07) is 14.2. The highest BCUT2D eigenvalue weighted by Gasteiger charge is 2.23. The number of hydrogen-bond acceptors (Lipinski definition) is 6. The predicted molar refractivity (Wildman–Crippen MR) is 117 cm³/mol. The zero-order valence-corrected chi connectivity index (χ0v) is 17.9. The molecule has 30 heavy (non-hydrogen) atoms. The number of aliphatic imine (C=N–C) groups is 1. The minimum absolute atomic E-state index is 0.202. The molecule has 0 saturated carbocycles. The van der Waals surface area contributed by atoms with Crippen molar-refractivity contribution in [3.63, 3.8) is 0 Å². The average Bonchev–Trinajstić information content (AvgIpc) is 2.82. The predicted octanol–water partition coefficient (Wildman–Crippen LogP) is 1.84. The van der Waals surface area contributed by atoms with Crippen molar-refractivity contribution in [2.24, 2.45) is 4.99 Å². The first-order valence-electron chi connectivity index (χ1n) is 10.1. The van der Waals surface area contributed by atoms with Crippen LogP contribution in [-0.4, -0.2) is 70.0 Å². The molecule has 8 nitrogen and oxygen atoms in total. The number of methoxy groups -OCH3 is 2. The van der Waals surface area contributed by atoms with Gasteiger partial charge >= 0.3 is 0 Å². The van der Waals surface area contributed by atoms with E-state index in [0.29, 0.717) is 12.4 Å². The topological polar surface area (TPSA) is 80.2 Å². The van der Waals surface area contributed by atoms with E-state index in [1.165, 1.54) is 5.56 Å². The van der Waals surface area contributed by atoms with Gasteiger partial charge in [0.2, 0.25) is 5.88 Å². The van der Waals surface area contributed by atoms with Crippen LogP contribution in [0.1, 0.15) is 17.3 Å². The Morgan fingerprint density at radius 3 is 2.53 bits per heavy atom. The lowest BCUT2D eigenvalue weighted by Gasteiger charge is -2.35. The minimum Gasteiger partial charge on any atom is -0.497 e. The maximum Gasteiger partial charge on any atom is 0.213 e. The highest BCUT2D eigenvalue weighted by molar-refractivity contribution is 5.79. The zero-order chi connectivity index (χ0) is 21.2. The van der Waals surface area contributed by atoms with E-state index in [1.54, 1.807) is 21.3 Å². The van der Waals surface area contributed by atoms with Gasteiger partial charge in [-0.1, -0.05) is 18.2 Å². The summed E-state index contributed by atoms with van der Waals surface area (Å²) in [5.74, 6) is 2.19. The molecule has 0 bridgehead atoms. The number of rotatable bonds is 8. The van der Waals surface area contributed by atoms with Crippen molar-refractivity contribution < 1.29 is 14.2 Å². The summed E-state index contributed by atoms with van der Waals surface area (Å²) in [4.78, 5) is 11.2. The van der Waals surface area contributed by atoms with Gasteiger partial charge in [-0.25, -0.2) is 4.98 Å². The van der Waals surface area contributed by atoms with E-state index in [0.717, 1.165) is 50.3 Å². The van der Waals surface area contributed by atoms with Crippen LogP contribution in [0.3, 0.4) is 0 Å². The van der Waals surface area contributed by atoms with Gasteiger partial charge in [-0.2, -0.15) is 0 Å². The van der Waals surface area contributed by atoms with Crippen LogP contribution in [0.15, 0.2) is 47.5 Å². The second-order valence-corrected chi connectivity index (χ2v) is 6.92. The Bertz CT molecular complexity index is 807. The van der Waals surface area contributed by atoms with Gasteiger partial charge in [0, 0.05) is 32.7 Å². The fraction of sp³-hybridized carbons (Fsp3) is 0.455. The van der Waals surface area contributed by atoms with E-state index in [4.69, 9.17) is 14.2 Å². The smallest absolute Gasteiger partial charge is 0.213 e. The number of nitrogens with one attached hydrogen (secondary N) is 2. The molecule has 1 fully saturated rings. The molecule has 2 aromatic rings. The molecule has 3 rings (SSSR count). The van der Waals surface area contributed by atoms with E-state index in [-0.39, 0.29) is 6.04 Å². The SMILES string of the molecule is CN=C(NCc1cccc(OC)n1)NCC(c1ccc(OC)cc1)N1CCOCC1. The lowest BCUT2D eigenvalue weighted by molar-refractivity contribution is 0.0170. The maximum atomic E-state index is 5.54. The summed E-state index contributed by atoms with van der Waals surface area (Å²) in [5.41, 5.74) is 2.12. The van der Waals surface area contributed by atoms with E-state index < -0.39 is 0 Å². The first-order chi connectivity index (χ1) is 14.7. The molecule has 0 spiro atoms. The normalized spacial score (nSPS) is 16.0.